The number of halogens is 1. The van der Waals surface area contributed by atoms with Crippen LogP contribution in [-0.4, -0.2) is 35.5 Å². The molecule has 80 valence electrons. The van der Waals surface area contributed by atoms with E-state index in [2.05, 4.69) is 25.3 Å². The summed E-state index contributed by atoms with van der Waals surface area (Å²) in [5.41, 5.74) is 0. The fraction of sp³-hybridized carbons (Fsp3) is 0.400. The molecule has 0 aromatic heterocycles. The van der Waals surface area contributed by atoms with Crippen LogP contribution in [0.1, 0.15) is 0 Å². The Morgan fingerprint density at radius 2 is 1.47 bits per heavy atom. The van der Waals surface area contributed by atoms with E-state index >= 15 is 0 Å². The Kier molecular flexibility index (Phi) is 2.29. The SMILES string of the molecule is O=P(c1ccc(Br)cc1)(N1CC1)N1CC1. The first-order valence-corrected chi connectivity index (χ1v) is 7.49. The van der Waals surface area contributed by atoms with Gasteiger partial charge in [-0.1, -0.05) is 15.9 Å². The predicted molar refractivity (Wildman–Crippen MR) is 64.5 cm³/mol. The average molecular weight is 287 g/mol. The van der Waals surface area contributed by atoms with Crippen LogP contribution in [0.25, 0.3) is 0 Å². The van der Waals surface area contributed by atoms with Crippen LogP contribution >= 0.6 is 23.4 Å². The molecule has 0 aliphatic carbocycles. The largest absolute Gasteiger partial charge is 0.284 e. The zero-order chi connectivity index (χ0) is 10.5. The Bertz CT molecular complexity index is 410. The smallest absolute Gasteiger partial charge is 0.245 e. The van der Waals surface area contributed by atoms with E-state index < -0.39 is 7.44 Å². The maximum absolute atomic E-state index is 12.9. The Hall–Kier alpha value is -0.150. The van der Waals surface area contributed by atoms with E-state index in [4.69, 9.17) is 0 Å². The van der Waals surface area contributed by atoms with Crippen molar-refractivity contribution in [1.29, 1.82) is 0 Å². The van der Waals surface area contributed by atoms with E-state index in [1.807, 2.05) is 24.3 Å². The Morgan fingerprint density at radius 1 is 1.00 bits per heavy atom. The van der Waals surface area contributed by atoms with Gasteiger partial charge < -0.3 is 0 Å². The molecule has 15 heavy (non-hydrogen) atoms. The molecule has 0 unspecified atom stereocenters. The lowest BCUT2D eigenvalue weighted by molar-refractivity contribution is 0.529. The molecule has 0 saturated carbocycles. The van der Waals surface area contributed by atoms with Crippen molar-refractivity contribution >= 4 is 28.7 Å². The molecule has 5 heteroatoms. The fourth-order valence-electron chi connectivity index (χ4n) is 1.77. The molecule has 0 radical (unpaired) electrons. The van der Waals surface area contributed by atoms with Crippen LogP contribution < -0.4 is 5.30 Å². The van der Waals surface area contributed by atoms with Crippen molar-refractivity contribution in [2.45, 2.75) is 0 Å². The van der Waals surface area contributed by atoms with Crippen molar-refractivity contribution in [3.05, 3.63) is 28.7 Å². The van der Waals surface area contributed by atoms with Gasteiger partial charge in [0.25, 0.3) is 0 Å². The lowest BCUT2D eigenvalue weighted by Gasteiger charge is -2.20. The van der Waals surface area contributed by atoms with Crippen molar-refractivity contribution in [2.75, 3.05) is 26.2 Å². The van der Waals surface area contributed by atoms with Gasteiger partial charge in [-0.3, -0.25) is 4.57 Å². The first-order valence-electron chi connectivity index (χ1n) is 5.08. The van der Waals surface area contributed by atoms with Gasteiger partial charge in [0.2, 0.25) is 7.44 Å². The molecule has 1 aromatic rings. The fourth-order valence-corrected chi connectivity index (χ4v) is 4.85. The predicted octanol–water partition coefficient (Wildman–Crippen LogP) is 1.90. The summed E-state index contributed by atoms with van der Waals surface area (Å²) < 4.78 is 18.1. The van der Waals surface area contributed by atoms with E-state index in [-0.39, 0.29) is 0 Å². The first-order chi connectivity index (χ1) is 7.21. The van der Waals surface area contributed by atoms with E-state index in [0.29, 0.717) is 0 Å². The molecule has 0 atom stereocenters. The van der Waals surface area contributed by atoms with Crippen molar-refractivity contribution in [1.82, 2.24) is 9.34 Å². The Labute approximate surface area is 97.7 Å². The second-order valence-corrected chi connectivity index (χ2v) is 7.58. The Balaban J connectivity index is 2.01. The van der Waals surface area contributed by atoms with E-state index in [0.717, 1.165) is 36.0 Å². The van der Waals surface area contributed by atoms with Gasteiger partial charge in [0, 0.05) is 36.0 Å². The molecule has 0 spiro atoms. The molecule has 2 saturated heterocycles. The monoisotopic (exact) mass is 286 g/mol. The second-order valence-electron chi connectivity index (χ2n) is 3.93. The van der Waals surface area contributed by atoms with E-state index in [9.17, 15) is 4.57 Å². The number of nitrogens with zero attached hydrogens (tertiary/aromatic N) is 2. The quantitative estimate of drug-likeness (QED) is 0.626. The van der Waals surface area contributed by atoms with Gasteiger partial charge in [-0.15, -0.1) is 0 Å². The normalized spacial score (nSPS) is 21.7. The Morgan fingerprint density at radius 3 is 1.87 bits per heavy atom. The van der Waals surface area contributed by atoms with Gasteiger partial charge in [-0.05, 0) is 24.3 Å². The number of rotatable bonds is 3. The lowest BCUT2D eigenvalue weighted by Crippen LogP contribution is -2.16. The zero-order valence-electron chi connectivity index (χ0n) is 8.27. The summed E-state index contributed by atoms with van der Waals surface area (Å²) in [6.45, 7) is 3.90. The third kappa shape index (κ3) is 1.70. The highest BCUT2D eigenvalue weighted by atomic mass is 79.9. The van der Waals surface area contributed by atoms with Crippen LogP contribution in [0.2, 0.25) is 0 Å². The molecule has 0 N–H and O–H groups in total. The number of benzene rings is 1. The summed E-state index contributed by atoms with van der Waals surface area (Å²) in [4.78, 5) is 0. The highest BCUT2D eigenvalue weighted by molar-refractivity contribution is 9.10. The molecular weight excluding hydrogens is 275 g/mol. The van der Waals surface area contributed by atoms with Crippen LogP contribution in [0.5, 0.6) is 0 Å². The number of hydrogen-bond donors (Lipinski definition) is 0. The van der Waals surface area contributed by atoms with Crippen molar-refractivity contribution in [3.63, 3.8) is 0 Å². The summed E-state index contributed by atoms with van der Waals surface area (Å²) in [6, 6.07) is 7.88. The summed E-state index contributed by atoms with van der Waals surface area (Å²) in [6.07, 6.45) is 0. The van der Waals surface area contributed by atoms with Gasteiger partial charge in [-0.25, -0.2) is 9.34 Å². The highest BCUT2D eigenvalue weighted by Gasteiger charge is 2.48. The molecule has 0 bridgehead atoms. The summed E-state index contributed by atoms with van der Waals surface area (Å²) in [7, 11) is -2.37. The molecule has 0 amide bonds. The summed E-state index contributed by atoms with van der Waals surface area (Å²) in [5.74, 6) is 0. The van der Waals surface area contributed by atoms with Crippen molar-refractivity contribution in [3.8, 4) is 0 Å². The first kappa shape index (κ1) is 10.0. The third-order valence-electron chi connectivity index (χ3n) is 2.78. The van der Waals surface area contributed by atoms with Crippen LogP contribution in [0.15, 0.2) is 28.7 Å². The lowest BCUT2D eigenvalue weighted by atomic mass is 10.4. The highest BCUT2D eigenvalue weighted by Crippen LogP contribution is 2.58. The molecule has 3 nitrogen and oxygen atoms in total. The van der Waals surface area contributed by atoms with Gasteiger partial charge in [0.15, 0.2) is 0 Å². The maximum atomic E-state index is 12.9. The van der Waals surface area contributed by atoms with Gasteiger partial charge in [0.1, 0.15) is 0 Å². The summed E-state index contributed by atoms with van der Waals surface area (Å²) >= 11 is 3.40. The van der Waals surface area contributed by atoms with Crippen molar-refractivity contribution in [2.24, 2.45) is 0 Å². The second kappa shape index (κ2) is 3.42. The van der Waals surface area contributed by atoms with Gasteiger partial charge >= 0.3 is 0 Å². The molecular formula is C10H12BrN2OP. The van der Waals surface area contributed by atoms with Crippen LogP contribution in [0.3, 0.4) is 0 Å². The zero-order valence-corrected chi connectivity index (χ0v) is 10.7. The molecule has 2 aliphatic heterocycles. The van der Waals surface area contributed by atoms with Gasteiger partial charge in [-0.2, -0.15) is 0 Å². The van der Waals surface area contributed by atoms with Crippen LogP contribution in [-0.2, 0) is 4.57 Å². The molecule has 2 fully saturated rings. The minimum absolute atomic E-state index is 0.973. The average Bonchev–Trinajstić information content (AvgIpc) is 3.07. The van der Waals surface area contributed by atoms with E-state index in [1.165, 1.54) is 0 Å². The molecule has 3 rings (SSSR count). The van der Waals surface area contributed by atoms with Crippen molar-refractivity contribution < 1.29 is 4.57 Å². The van der Waals surface area contributed by atoms with E-state index in [1.54, 1.807) is 0 Å². The number of hydrogen-bond acceptors (Lipinski definition) is 1. The standard InChI is InChI=1S/C10H12BrN2OP/c11-9-1-3-10(4-2-9)15(14,12-5-6-12)13-7-8-13/h1-4H,5-8H2. The van der Waals surface area contributed by atoms with Crippen LogP contribution in [0.4, 0.5) is 0 Å². The molecule has 1 aromatic carbocycles. The summed E-state index contributed by atoms with van der Waals surface area (Å²) in [5, 5.41) is 0.973. The minimum atomic E-state index is -2.37. The molecule has 2 heterocycles. The minimum Gasteiger partial charge on any atom is -0.284 e. The maximum Gasteiger partial charge on any atom is 0.245 e. The topological polar surface area (TPSA) is 23.1 Å². The van der Waals surface area contributed by atoms with Gasteiger partial charge in [0.05, 0.1) is 0 Å². The third-order valence-corrected chi connectivity index (χ3v) is 6.61. The van der Waals surface area contributed by atoms with Crippen LogP contribution in [0, 0.1) is 0 Å². The molecule has 2 aliphatic rings.